The minimum Gasteiger partial charge on any atom is -0.345 e. The number of H-pyrrole nitrogens is 1. The van der Waals surface area contributed by atoms with E-state index in [1.807, 2.05) is 36.4 Å². The molecule has 2 aromatic carbocycles. The van der Waals surface area contributed by atoms with E-state index in [2.05, 4.69) is 29.3 Å². The van der Waals surface area contributed by atoms with Crippen LogP contribution in [-0.4, -0.2) is 23.8 Å². The second-order valence-electron chi connectivity index (χ2n) is 4.65. The van der Waals surface area contributed by atoms with Crippen molar-refractivity contribution in [3.63, 3.8) is 0 Å². The van der Waals surface area contributed by atoms with Crippen molar-refractivity contribution in [1.82, 2.24) is 18.7 Å². The predicted molar refractivity (Wildman–Crippen MR) is 93.4 cm³/mol. The number of anilines is 2. The zero-order valence-corrected chi connectivity index (χ0v) is 12.8. The molecule has 3 N–H and O–H groups in total. The summed E-state index contributed by atoms with van der Waals surface area (Å²) in [6.45, 7) is 0. The predicted octanol–water partition coefficient (Wildman–Crippen LogP) is 3.38. The number of hydrogen-bond donors (Lipinski definition) is 3. The second kappa shape index (κ2) is 5.32. The van der Waals surface area contributed by atoms with Crippen LogP contribution in [0.4, 0.5) is 11.4 Å². The molecule has 22 heavy (non-hydrogen) atoms. The minimum absolute atomic E-state index is 0.499. The molecule has 0 amide bonds. The number of aromatic amines is 1. The van der Waals surface area contributed by atoms with Gasteiger partial charge >= 0.3 is 0 Å². The molecular weight excluding hydrogens is 316 g/mol. The maximum absolute atomic E-state index is 5.36. The molecule has 8 heteroatoms. The maximum Gasteiger partial charge on any atom is 0.175 e. The van der Waals surface area contributed by atoms with Crippen LogP contribution in [0.2, 0.25) is 0 Å². The minimum atomic E-state index is 0.499. The number of fused-ring (bicyclic) bond motifs is 2. The number of imidazole rings is 1. The zero-order chi connectivity index (χ0) is 14.9. The molecule has 0 saturated carbocycles. The monoisotopic (exact) mass is 326 g/mol. The lowest BCUT2D eigenvalue weighted by atomic mass is 10.2. The Morgan fingerprint density at radius 1 is 1.09 bits per heavy atom. The average molecular weight is 326 g/mol. The molecule has 108 valence electrons. The lowest BCUT2D eigenvalue weighted by Gasteiger charge is -2.10. The van der Waals surface area contributed by atoms with Crippen molar-refractivity contribution in [3.8, 4) is 0 Å². The van der Waals surface area contributed by atoms with Gasteiger partial charge in [0.15, 0.2) is 5.11 Å². The molecule has 0 unspecified atom stereocenters. The van der Waals surface area contributed by atoms with Crippen LogP contribution in [0.5, 0.6) is 0 Å². The Bertz CT molecular complexity index is 973. The quantitative estimate of drug-likeness (QED) is 0.490. The summed E-state index contributed by atoms with van der Waals surface area (Å²) in [5, 5.41) is 6.82. The molecule has 2 aromatic heterocycles. The third-order valence-electron chi connectivity index (χ3n) is 3.21. The van der Waals surface area contributed by atoms with Gasteiger partial charge < -0.3 is 15.6 Å². The normalized spacial score (nSPS) is 10.9. The summed E-state index contributed by atoms with van der Waals surface area (Å²) in [7, 11) is 0. The van der Waals surface area contributed by atoms with Gasteiger partial charge in [-0.15, -0.1) is 0 Å². The summed E-state index contributed by atoms with van der Waals surface area (Å²) in [6, 6.07) is 11.6. The van der Waals surface area contributed by atoms with E-state index in [1.165, 1.54) is 11.7 Å². The van der Waals surface area contributed by atoms with E-state index in [0.717, 1.165) is 33.4 Å². The average Bonchev–Trinajstić information content (AvgIpc) is 3.15. The molecule has 0 aliphatic carbocycles. The molecule has 0 radical (unpaired) electrons. The fourth-order valence-electron chi connectivity index (χ4n) is 2.21. The highest BCUT2D eigenvalue weighted by Crippen LogP contribution is 2.22. The number of rotatable bonds is 2. The fourth-order valence-corrected chi connectivity index (χ4v) is 2.98. The molecule has 0 saturated heterocycles. The molecule has 0 aliphatic heterocycles. The van der Waals surface area contributed by atoms with Gasteiger partial charge in [-0.05, 0) is 42.5 Å². The topological polar surface area (TPSA) is 78.5 Å². The van der Waals surface area contributed by atoms with Gasteiger partial charge in [0.05, 0.1) is 34.8 Å². The van der Waals surface area contributed by atoms with Crippen molar-refractivity contribution in [2.24, 2.45) is 0 Å². The summed E-state index contributed by atoms with van der Waals surface area (Å²) in [5.74, 6) is 0. The van der Waals surface area contributed by atoms with Crippen LogP contribution in [0.3, 0.4) is 0 Å². The largest absolute Gasteiger partial charge is 0.345 e. The van der Waals surface area contributed by atoms with Crippen molar-refractivity contribution in [3.05, 3.63) is 42.7 Å². The van der Waals surface area contributed by atoms with Crippen LogP contribution < -0.4 is 10.6 Å². The van der Waals surface area contributed by atoms with Gasteiger partial charge in [-0.3, -0.25) is 0 Å². The molecule has 0 atom stereocenters. The molecule has 4 rings (SSSR count). The summed E-state index contributed by atoms with van der Waals surface area (Å²) in [6.07, 6.45) is 1.67. The Hall–Kier alpha value is -2.58. The zero-order valence-electron chi connectivity index (χ0n) is 11.2. The number of hydrogen-bond acceptors (Lipinski definition) is 5. The summed E-state index contributed by atoms with van der Waals surface area (Å²) in [5.41, 5.74) is 5.28. The third-order valence-corrected chi connectivity index (χ3v) is 3.96. The Balaban J connectivity index is 1.55. The first-order valence-electron chi connectivity index (χ1n) is 6.52. The van der Waals surface area contributed by atoms with Crippen LogP contribution in [0, 0.1) is 0 Å². The van der Waals surface area contributed by atoms with Gasteiger partial charge in [0.2, 0.25) is 0 Å². The van der Waals surface area contributed by atoms with Crippen molar-refractivity contribution in [1.29, 1.82) is 0 Å². The summed E-state index contributed by atoms with van der Waals surface area (Å²) in [4.78, 5) is 7.26. The fraction of sp³-hybridized carbons (Fsp3) is 0. The van der Waals surface area contributed by atoms with Gasteiger partial charge in [-0.2, -0.15) is 8.75 Å². The molecule has 4 aromatic rings. The van der Waals surface area contributed by atoms with Crippen LogP contribution in [0.25, 0.3) is 22.1 Å². The Morgan fingerprint density at radius 2 is 2.05 bits per heavy atom. The van der Waals surface area contributed by atoms with E-state index in [0.29, 0.717) is 5.11 Å². The molecule has 0 aliphatic rings. The Labute approximate surface area is 134 Å². The van der Waals surface area contributed by atoms with E-state index in [-0.39, 0.29) is 0 Å². The Morgan fingerprint density at radius 3 is 3.00 bits per heavy atom. The van der Waals surface area contributed by atoms with Gasteiger partial charge in [-0.25, -0.2) is 4.98 Å². The molecular formula is C14H10N6S2. The summed E-state index contributed by atoms with van der Waals surface area (Å²) >= 11 is 6.55. The number of nitrogens with zero attached hydrogens (tertiary/aromatic N) is 3. The van der Waals surface area contributed by atoms with E-state index in [9.17, 15) is 0 Å². The Kier molecular flexibility index (Phi) is 3.17. The smallest absolute Gasteiger partial charge is 0.175 e. The molecule has 0 spiro atoms. The van der Waals surface area contributed by atoms with Crippen molar-refractivity contribution < 1.29 is 0 Å². The van der Waals surface area contributed by atoms with E-state index < -0.39 is 0 Å². The first-order valence-corrected chi connectivity index (χ1v) is 7.66. The van der Waals surface area contributed by atoms with E-state index in [1.54, 1.807) is 6.33 Å². The molecule has 2 heterocycles. The highest BCUT2D eigenvalue weighted by molar-refractivity contribution is 7.80. The van der Waals surface area contributed by atoms with Gasteiger partial charge in [0.1, 0.15) is 11.0 Å². The third kappa shape index (κ3) is 2.38. The number of thiocarbonyl (C=S) groups is 1. The number of aromatic nitrogens is 4. The highest BCUT2D eigenvalue weighted by Gasteiger charge is 2.07. The molecule has 6 nitrogen and oxygen atoms in total. The van der Waals surface area contributed by atoms with Crippen LogP contribution in [-0.2, 0) is 0 Å². The van der Waals surface area contributed by atoms with Gasteiger partial charge in [0.25, 0.3) is 0 Å². The standard InChI is InChI=1S/C14H10N6S2/c21-14(17-8-4-5-9-12(6-8)16-7-15-9)18-10-2-1-3-11-13(10)20-22-19-11/h1-7H,(H,15,16)(H2,17,18,21). The maximum atomic E-state index is 5.36. The van der Waals surface area contributed by atoms with Crippen LogP contribution >= 0.6 is 23.9 Å². The first kappa shape index (κ1) is 13.1. The second-order valence-corrected chi connectivity index (χ2v) is 5.59. The van der Waals surface area contributed by atoms with Crippen LogP contribution in [0.1, 0.15) is 0 Å². The lowest BCUT2D eigenvalue weighted by molar-refractivity contribution is 1.34. The highest BCUT2D eigenvalue weighted by atomic mass is 32.1. The van der Waals surface area contributed by atoms with Crippen molar-refractivity contribution in [2.75, 3.05) is 10.6 Å². The van der Waals surface area contributed by atoms with Gasteiger partial charge in [0, 0.05) is 5.69 Å². The first-order chi connectivity index (χ1) is 10.8. The molecule has 0 bridgehead atoms. The molecule has 0 fully saturated rings. The van der Waals surface area contributed by atoms with Crippen LogP contribution in [0.15, 0.2) is 42.7 Å². The SMILES string of the molecule is S=C(Nc1ccc2nc[nH]c2c1)Nc1cccc2nsnc12. The number of nitrogens with one attached hydrogen (secondary N) is 3. The number of benzene rings is 2. The van der Waals surface area contributed by atoms with Crippen molar-refractivity contribution in [2.45, 2.75) is 0 Å². The van der Waals surface area contributed by atoms with E-state index >= 15 is 0 Å². The van der Waals surface area contributed by atoms with E-state index in [4.69, 9.17) is 12.2 Å². The lowest BCUT2D eigenvalue weighted by Crippen LogP contribution is -2.19. The summed E-state index contributed by atoms with van der Waals surface area (Å²) < 4.78 is 8.49. The van der Waals surface area contributed by atoms with Gasteiger partial charge in [-0.1, -0.05) is 6.07 Å². The van der Waals surface area contributed by atoms with Crippen molar-refractivity contribution >= 4 is 62.5 Å².